The molecule has 1 aliphatic carbocycles. The summed E-state index contributed by atoms with van der Waals surface area (Å²) < 4.78 is 26.8. The molecular weight excluding hydrogens is 284 g/mol. The highest BCUT2D eigenvalue weighted by atomic mass is 32.2. The Morgan fingerprint density at radius 3 is 2.95 bits per heavy atom. The lowest BCUT2D eigenvalue weighted by Gasteiger charge is -2.06. The van der Waals surface area contributed by atoms with Crippen LogP contribution >= 0.6 is 11.3 Å². The molecule has 19 heavy (non-hydrogen) atoms. The van der Waals surface area contributed by atoms with Gasteiger partial charge in [-0.05, 0) is 31.4 Å². The minimum atomic E-state index is -3.72. The number of aryl methyl sites for hydroxylation is 2. The smallest absolute Gasteiger partial charge is 0.267 e. The lowest BCUT2D eigenvalue weighted by molar-refractivity contribution is 0.601. The van der Waals surface area contributed by atoms with Crippen LogP contribution in [0, 0.1) is 0 Å². The normalized spacial score (nSPS) is 14.3. The molecule has 3 rings (SSSR count). The van der Waals surface area contributed by atoms with E-state index in [-0.39, 0.29) is 10.7 Å². The van der Waals surface area contributed by atoms with Gasteiger partial charge in [-0.1, -0.05) is 0 Å². The third-order valence-corrected chi connectivity index (χ3v) is 5.49. The number of aromatic nitrogens is 2. The van der Waals surface area contributed by atoms with Gasteiger partial charge in [-0.15, -0.1) is 11.3 Å². The summed E-state index contributed by atoms with van der Waals surface area (Å²) in [5.74, 6) is -0.0147. The molecule has 0 saturated heterocycles. The van der Waals surface area contributed by atoms with Crippen LogP contribution in [-0.2, 0) is 22.9 Å². The van der Waals surface area contributed by atoms with Crippen LogP contribution in [-0.4, -0.2) is 18.4 Å². The molecule has 0 aromatic carbocycles. The molecule has 0 saturated carbocycles. The summed E-state index contributed by atoms with van der Waals surface area (Å²) in [6, 6.07) is 2.96. The third kappa shape index (κ3) is 2.28. The van der Waals surface area contributed by atoms with Crippen molar-refractivity contribution in [2.24, 2.45) is 0 Å². The number of nitrogens with zero attached hydrogens (tertiary/aromatic N) is 2. The molecule has 3 N–H and O–H groups in total. The fraction of sp³-hybridized carbons (Fsp3) is 0.273. The number of hydrogen-bond donors (Lipinski definition) is 2. The van der Waals surface area contributed by atoms with Crippen LogP contribution in [0.2, 0.25) is 0 Å². The highest BCUT2D eigenvalue weighted by Crippen LogP contribution is 2.31. The molecular formula is C11H12N4O2S2. The molecule has 2 aromatic rings. The summed E-state index contributed by atoms with van der Waals surface area (Å²) >= 11 is 1.39. The fourth-order valence-corrected chi connectivity index (χ4v) is 4.40. The topological polar surface area (TPSA) is 98.0 Å². The number of nitrogens with one attached hydrogen (secondary N) is 1. The average Bonchev–Trinajstić information content (AvgIpc) is 2.89. The number of rotatable bonds is 3. The Bertz CT molecular complexity index is 703. The van der Waals surface area contributed by atoms with Gasteiger partial charge in [0.05, 0.1) is 5.69 Å². The predicted molar refractivity (Wildman–Crippen MR) is 73.6 cm³/mol. The minimum absolute atomic E-state index is 0.0147. The number of anilines is 2. The van der Waals surface area contributed by atoms with Crippen LogP contribution < -0.4 is 10.5 Å². The van der Waals surface area contributed by atoms with E-state index in [0.29, 0.717) is 5.13 Å². The van der Waals surface area contributed by atoms with Crippen LogP contribution in [0.1, 0.15) is 17.0 Å². The summed E-state index contributed by atoms with van der Waals surface area (Å²) in [5, 5.41) is 0.396. The Hall–Kier alpha value is -1.67. The van der Waals surface area contributed by atoms with E-state index in [2.05, 4.69) is 14.7 Å². The second-order valence-corrected chi connectivity index (χ2v) is 6.97. The summed E-state index contributed by atoms with van der Waals surface area (Å²) in [6.45, 7) is 0. The standard InChI is InChI=1S/C11H12N4O2S2/c12-10-9(5-2-6-13-10)19(16,17)15-11-14-7-3-1-4-8(7)18-11/h2,5-6H,1,3-4H2,(H2,12,13)(H,14,15). The molecule has 1 aliphatic rings. The van der Waals surface area contributed by atoms with Crippen molar-refractivity contribution < 1.29 is 8.42 Å². The van der Waals surface area contributed by atoms with Gasteiger partial charge < -0.3 is 5.73 Å². The van der Waals surface area contributed by atoms with Crippen molar-refractivity contribution in [3.63, 3.8) is 0 Å². The van der Waals surface area contributed by atoms with Crippen LogP contribution in [0.25, 0.3) is 0 Å². The van der Waals surface area contributed by atoms with E-state index in [9.17, 15) is 8.42 Å². The molecule has 2 aromatic heterocycles. The van der Waals surface area contributed by atoms with E-state index in [4.69, 9.17) is 5.73 Å². The first-order valence-corrected chi connectivity index (χ1v) is 8.08. The molecule has 100 valence electrons. The molecule has 0 aliphatic heterocycles. The van der Waals surface area contributed by atoms with E-state index in [1.807, 2.05) is 0 Å². The van der Waals surface area contributed by atoms with Gasteiger partial charge in [-0.2, -0.15) is 0 Å². The lowest BCUT2D eigenvalue weighted by atomic mass is 10.4. The van der Waals surface area contributed by atoms with Crippen LogP contribution in [0.15, 0.2) is 23.2 Å². The molecule has 2 heterocycles. The monoisotopic (exact) mass is 296 g/mol. The number of nitrogens with two attached hydrogens (primary N) is 1. The molecule has 0 fully saturated rings. The van der Waals surface area contributed by atoms with Crippen molar-refractivity contribution in [3.05, 3.63) is 28.9 Å². The minimum Gasteiger partial charge on any atom is -0.383 e. The first-order chi connectivity index (χ1) is 9.06. The maximum absolute atomic E-state index is 12.2. The Kier molecular flexibility index (Phi) is 2.90. The molecule has 0 atom stereocenters. The van der Waals surface area contributed by atoms with Crippen LogP contribution in [0.4, 0.5) is 10.9 Å². The average molecular weight is 296 g/mol. The van der Waals surface area contributed by atoms with E-state index in [0.717, 1.165) is 29.8 Å². The number of sulfonamides is 1. The number of fused-ring (bicyclic) bond motifs is 1. The zero-order valence-corrected chi connectivity index (χ0v) is 11.6. The summed E-state index contributed by atoms with van der Waals surface area (Å²) in [6.07, 6.45) is 4.44. The molecule has 0 amide bonds. The van der Waals surface area contributed by atoms with Gasteiger partial charge in [0.2, 0.25) is 0 Å². The Morgan fingerprint density at radius 1 is 1.37 bits per heavy atom. The third-order valence-electron chi connectivity index (χ3n) is 2.91. The van der Waals surface area contributed by atoms with Crippen molar-refractivity contribution >= 4 is 32.3 Å². The molecule has 0 unspecified atom stereocenters. The second kappa shape index (κ2) is 4.46. The Morgan fingerprint density at radius 2 is 2.21 bits per heavy atom. The van der Waals surface area contributed by atoms with E-state index < -0.39 is 10.0 Å². The number of pyridine rings is 1. The Labute approximate surface area is 114 Å². The quantitative estimate of drug-likeness (QED) is 0.892. The van der Waals surface area contributed by atoms with Crippen molar-refractivity contribution in [1.82, 2.24) is 9.97 Å². The zero-order chi connectivity index (χ0) is 13.5. The van der Waals surface area contributed by atoms with Gasteiger partial charge in [0.25, 0.3) is 10.0 Å². The van der Waals surface area contributed by atoms with Crippen LogP contribution in [0.5, 0.6) is 0 Å². The molecule has 0 radical (unpaired) electrons. The summed E-state index contributed by atoms with van der Waals surface area (Å²) in [5.41, 5.74) is 6.59. The maximum atomic E-state index is 12.2. The maximum Gasteiger partial charge on any atom is 0.267 e. The number of hydrogen-bond acceptors (Lipinski definition) is 6. The number of nitrogen functional groups attached to an aromatic ring is 1. The SMILES string of the molecule is Nc1ncccc1S(=O)(=O)Nc1nc2c(s1)CCC2. The first-order valence-electron chi connectivity index (χ1n) is 5.78. The van der Waals surface area contributed by atoms with E-state index in [1.54, 1.807) is 0 Å². The fourth-order valence-electron chi connectivity index (χ4n) is 2.03. The largest absolute Gasteiger partial charge is 0.383 e. The van der Waals surface area contributed by atoms with Crippen molar-refractivity contribution in [2.75, 3.05) is 10.5 Å². The van der Waals surface area contributed by atoms with E-state index in [1.165, 1.54) is 29.7 Å². The van der Waals surface area contributed by atoms with Gasteiger partial charge >= 0.3 is 0 Å². The summed E-state index contributed by atoms with van der Waals surface area (Å²) in [7, 11) is -3.72. The van der Waals surface area contributed by atoms with Gasteiger partial charge in [0.15, 0.2) is 5.13 Å². The zero-order valence-electron chi connectivity index (χ0n) is 9.96. The molecule has 6 nitrogen and oxygen atoms in total. The molecule has 0 spiro atoms. The van der Waals surface area contributed by atoms with Crippen LogP contribution in [0.3, 0.4) is 0 Å². The lowest BCUT2D eigenvalue weighted by Crippen LogP contribution is -2.15. The molecule has 0 bridgehead atoms. The van der Waals surface area contributed by atoms with Gasteiger partial charge in [-0.3, -0.25) is 4.72 Å². The number of thiazole rings is 1. The highest BCUT2D eigenvalue weighted by molar-refractivity contribution is 7.93. The summed E-state index contributed by atoms with van der Waals surface area (Å²) in [4.78, 5) is 9.22. The van der Waals surface area contributed by atoms with Crippen molar-refractivity contribution in [3.8, 4) is 0 Å². The van der Waals surface area contributed by atoms with Gasteiger partial charge in [0.1, 0.15) is 10.7 Å². The van der Waals surface area contributed by atoms with Crippen molar-refractivity contribution in [2.45, 2.75) is 24.2 Å². The van der Waals surface area contributed by atoms with E-state index >= 15 is 0 Å². The second-order valence-electron chi connectivity index (χ2n) is 4.23. The van der Waals surface area contributed by atoms with Gasteiger partial charge in [0, 0.05) is 11.1 Å². The molecule has 8 heteroatoms. The predicted octanol–water partition coefficient (Wildman–Crippen LogP) is 1.41. The Balaban J connectivity index is 1.91. The van der Waals surface area contributed by atoms with Gasteiger partial charge in [-0.25, -0.2) is 18.4 Å². The first kappa shape index (κ1) is 12.4. The highest BCUT2D eigenvalue weighted by Gasteiger charge is 2.22. The van der Waals surface area contributed by atoms with Crippen molar-refractivity contribution in [1.29, 1.82) is 0 Å².